The zero-order chi connectivity index (χ0) is 32.5. The molecule has 3 N–H and O–H groups in total. The standard InChI is InChI=1S/C34H63ClN2O6S.ClH/c1-6-8-9-10-11-12-13-14-15-16-17-18-19-21-27(38)42-32-30(40)29(39)31(43-34(32)44-5)28(24(3)35)36-33(41)26-22-25(20-7-2)23-37(26)4;/h24-26,28-32,34,39-40H,6-23H2,1-5H3,(H,36,41);1H/t24-,25+,26-,28+,29+,30+,31+,32+,34+;/m0./s1. The molecule has 2 aliphatic heterocycles. The highest BCUT2D eigenvalue weighted by Crippen LogP contribution is 2.33. The van der Waals surface area contributed by atoms with Gasteiger partial charge in [0.2, 0.25) is 5.91 Å². The molecule has 0 unspecified atom stereocenters. The average molecular weight is 700 g/mol. The van der Waals surface area contributed by atoms with Crippen molar-refractivity contribution in [3.63, 3.8) is 0 Å². The van der Waals surface area contributed by atoms with Crippen LogP contribution >= 0.6 is 35.8 Å². The molecule has 1 amide bonds. The number of rotatable bonds is 22. The number of unbranched alkanes of at least 4 members (excludes halogenated alkanes) is 12. The molecule has 0 aromatic carbocycles. The van der Waals surface area contributed by atoms with Crippen LogP contribution in [-0.2, 0) is 19.1 Å². The zero-order valence-electron chi connectivity index (χ0n) is 28.6. The Morgan fingerprint density at radius 2 is 1.51 bits per heavy atom. The number of alkyl halides is 1. The third kappa shape index (κ3) is 14.8. The molecule has 0 spiro atoms. The summed E-state index contributed by atoms with van der Waals surface area (Å²) in [6.07, 6.45) is 16.3. The SMILES string of the molecule is CCCCCCCCCCCCCCCC(=O)O[C@@H]1[C@H](O)[C@@H](O)[C@@H]([C@H](NC(=O)[C@@H]2C[C@@H](CCC)CN2C)[C@H](C)Cl)O[C@@H]1SC.Cl. The highest BCUT2D eigenvalue weighted by molar-refractivity contribution is 7.99. The van der Waals surface area contributed by atoms with Gasteiger partial charge in [-0.3, -0.25) is 14.5 Å². The molecule has 2 saturated heterocycles. The van der Waals surface area contributed by atoms with Crippen LogP contribution in [0.1, 0.15) is 130 Å². The van der Waals surface area contributed by atoms with Gasteiger partial charge in [0.25, 0.3) is 0 Å². The third-order valence-electron chi connectivity index (χ3n) is 9.36. The van der Waals surface area contributed by atoms with Crippen molar-refractivity contribution in [2.45, 2.75) is 177 Å². The molecule has 0 aromatic heterocycles. The maximum Gasteiger partial charge on any atom is 0.306 e. The molecule has 45 heavy (non-hydrogen) atoms. The number of hydrogen-bond acceptors (Lipinski definition) is 8. The fourth-order valence-electron chi connectivity index (χ4n) is 6.72. The van der Waals surface area contributed by atoms with Crippen LogP contribution in [0.15, 0.2) is 0 Å². The molecule has 11 heteroatoms. The fourth-order valence-corrected chi connectivity index (χ4v) is 7.65. The van der Waals surface area contributed by atoms with E-state index in [-0.39, 0.29) is 30.8 Å². The minimum atomic E-state index is -1.38. The van der Waals surface area contributed by atoms with Crippen molar-refractivity contribution >= 4 is 47.6 Å². The second-order valence-electron chi connectivity index (χ2n) is 13.2. The van der Waals surface area contributed by atoms with Crippen molar-refractivity contribution in [1.82, 2.24) is 10.2 Å². The number of aliphatic hydroxyl groups excluding tert-OH is 2. The van der Waals surface area contributed by atoms with Gasteiger partial charge in [0.05, 0.1) is 17.5 Å². The molecular formula is C34H64Cl2N2O6S. The predicted octanol–water partition coefficient (Wildman–Crippen LogP) is 6.84. The van der Waals surface area contributed by atoms with Gasteiger partial charge in [-0.15, -0.1) is 35.8 Å². The molecule has 2 rings (SSSR count). The van der Waals surface area contributed by atoms with Gasteiger partial charge in [-0.25, -0.2) is 0 Å². The van der Waals surface area contributed by atoms with Gasteiger partial charge in [-0.05, 0) is 45.4 Å². The summed E-state index contributed by atoms with van der Waals surface area (Å²) in [6.45, 7) is 7.01. The van der Waals surface area contributed by atoms with Crippen molar-refractivity contribution in [3.05, 3.63) is 0 Å². The molecule has 0 radical (unpaired) electrons. The van der Waals surface area contributed by atoms with Crippen LogP contribution in [-0.4, -0.2) is 94.2 Å². The lowest BCUT2D eigenvalue weighted by Gasteiger charge is -2.45. The van der Waals surface area contributed by atoms with Crippen LogP contribution in [0.2, 0.25) is 0 Å². The summed E-state index contributed by atoms with van der Waals surface area (Å²) >= 11 is 7.82. The predicted molar refractivity (Wildman–Crippen MR) is 188 cm³/mol. The number of carbonyl (C=O) groups excluding carboxylic acids is 2. The van der Waals surface area contributed by atoms with E-state index in [1.54, 1.807) is 13.2 Å². The Kier molecular flexibility index (Phi) is 22.7. The molecule has 8 nitrogen and oxygen atoms in total. The summed E-state index contributed by atoms with van der Waals surface area (Å²) in [7, 11) is 1.95. The number of carbonyl (C=O) groups is 2. The summed E-state index contributed by atoms with van der Waals surface area (Å²) < 4.78 is 11.9. The maximum atomic E-state index is 13.3. The lowest BCUT2D eigenvalue weighted by atomic mass is 9.92. The Hall–Kier alpha value is -0.290. The Morgan fingerprint density at radius 1 is 0.956 bits per heavy atom. The first kappa shape index (κ1) is 42.7. The van der Waals surface area contributed by atoms with Crippen molar-refractivity contribution in [2.75, 3.05) is 19.8 Å². The molecule has 2 aliphatic rings. The molecular weight excluding hydrogens is 635 g/mol. The molecule has 9 atom stereocenters. The van der Waals surface area contributed by atoms with Crippen molar-refractivity contribution in [2.24, 2.45) is 5.92 Å². The quantitative estimate of drug-likeness (QED) is 0.0641. The number of likely N-dealkylation sites (N-methyl/N-ethyl adjacent to an activating group) is 1. The van der Waals surface area contributed by atoms with E-state index in [1.807, 2.05) is 7.05 Å². The first-order valence-corrected chi connectivity index (χ1v) is 19.2. The molecule has 2 fully saturated rings. The van der Waals surface area contributed by atoms with Gasteiger partial charge >= 0.3 is 5.97 Å². The number of thioether (sulfide) groups is 1. The lowest BCUT2D eigenvalue weighted by Crippen LogP contribution is -2.65. The smallest absolute Gasteiger partial charge is 0.306 e. The number of likely N-dealkylation sites (tertiary alicyclic amines) is 1. The number of aliphatic hydroxyl groups is 2. The van der Waals surface area contributed by atoms with Gasteiger partial charge in [0, 0.05) is 13.0 Å². The highest BCUT2D eigenvalue weighted by Gasteiger charge is 2.50. The third-order valence-corrected chi connectivity index (χ3v) is 10.5. The van der Waals surface area contributed by atoms with Crippen LogP contribution < -0.4 is 5.32 Å². The Balaban J connectivity index is 0.0000101. The summed E-state index contributed by atoms with van der Waals surface area (Å²) in [5.74, 6) is -0.0742. The van der Waals surface area contributed by atoms with Crippen LogP contribution in [0.3, 0.4) is 0 Å². The topological polar surface area (TPSA) is 108 Å². The Labute approximate surface area is 289 Å². The van der Waals surface area contributed by atoms with Gasteiger partial charge in [-0.2, -0.15) is 0 Å². The van der Waals surface area contributed by atoms with Crippen LogP contribution in [0.25, 0.3) is 0 Å². The zero-order valence-corrected chi connectivity index (χ0v) is 31.0. The van der Waals surface area contributed by atoms with Crippen molar-refractivity contribution < 1.29 is 29.3 Å². The van der Waals surface area contributed by atoms with Gasteiger partial charge in [0.1, 0.15) is 23.7 Å². The molecule has 0 aliphatic carbocycles. The Bertz CT molecular complexity index is 811. The fraction of sp³-hybridized carbons (Fsp3) is 0.941. The minimum absolute atomic E-state index is 0. The summed E-state index contributed by atoms with van der Waals surface area (Å²) in [4.78, 5) is 28.0. The number of esters is 1. The van der Waals surface area contributed by atoms with E-state index >= 15 is 0 Å². The number of hydrogen-bond donors (Lipinski definition) is 3. The summed E-state index contributed by atoms with van der Waals surface area (Å²) in [6, 6.07) is -1.00. The second kappa shape index (κ2) is 23.9. The summed E-state index contributed by atoms with van der Waals surface area (Å²) in [5, 5.41) is 24.6. The van der Waals surface area contributed by atoms with E-state index in [0.29, 0.717) is 5.92 Å². The number of halogens is 2. The number of nitrogens with one attached hydrogen (secondary N) is 1. The van der Waals surface area contributed by atoms with Crippen LogP contribution in [0.4, 0.5) is 0 Å². The molecule has 266 valence electrons. The van der Waals surface area contributed by atoms with E-state index in [2.05, 4.69) is 24.1 Å². The van der Waals surface area contributed by atoms with Gasteiger partial charge < -0.3 is 25.0 Å². The van der Waals surface area contributed by atoms with Gasteiger partial charge in [0.15, 0.2) is 6.10 Å². The molecule has 0 aromatic rings. The molecule has 2 heterocycles. The monoisotopic (exact) mass is 698 g/mol. The normalized spacial score (nSPS) is 28.3. The molecule has 0 bridgehead atoms. The number of amides is 1. The minimum Gasteiger partial charge on any atom is -0.456 e. The second-order valence-corrected chi connectivity index (χ2v) is 14.8. The number of nitrogens with zero attached hydrogens (tertiary/aromatic N) is 1. The summed E-state index contributed by atoms with van der Waals surface area (Å²) in [5.41, 5.74) is -0.702. The van der Waals surface area contributed by atoms with Gasteiger partial charge in [-0.1, -0.05) is 97.3 Å². The highest BCUT2D eigenvalue weighted by atomic mass is 35.5. The molecule has 0 saturated carbocycles. The number of ether oxygens (including phenoxy) is 2. The lowest BCUT2D eigenvalue weighted by molar-refractivity contribution is -0.218. The van der Waals surface area contributed by atoms with Crippen LogP contribution in [0.5, 0.6) is 0 Å². The first-order valence-electron chi connectivity index (χ1n) is 17.5. The van der Waals surface area contributed by atoms with E-state index < -0.39 is 47.2 Å². The van der Waals surface area contributed by atoms with E-state index in [9.17, 15) is 19.8 Å². The van der Waals surface area contributed by atoms with Crippen LogP contribution in [0, 0.1) is 5.92 Å². The maximum absolute atomic E-state index is 13.3. The van der Waals surface area contributed by atoms with E-state index in [1.165, 1.54) is 76.0 Å². The Morgan fingerprint density at radius 3 is 2.02 bits per heavy atom. The van der Waals surface area contributed by atoms with E-state index in [4.69, 9.17) is 21.1 Å². The first-order chi connectivity index (χ1) is 21.1. The largest absolute Gasteiger partial charge is 0.456 e. The average Bonchev–Trinajstić information content (AvgIpc) is 3.36. The van der Waals surface area contributed by atoms with E-state index in [0.717, 1.165) is 45.1 Å². The van der Waals surface area contributed by atoms with Crippen molar-refractivity contribution in [3.8, 4) is 0 Å². The van der Waals surface area contributed by atoms with Crippen molar-refractivity contribution in [1.29, 1.82) is 0 Å².